The number of nitrogens with zero attached hydrogens (tertiary/aromatic N) is 1. The van der Waals surface area contributed by atoms with Gasteiger partial charge in [0, 0.05) is 35.8 Å². The van der Waals surface area contributed by atoms with Crippen LogP contribution in [0.15, 0.2) is 59.8 Å². The molecule has 0 heterocycles. The molecule has 3 aromatic rings. The zero-order chi connectivity index (χ0) is 38.2. The van der Waals surface area contributed by atoms with Gasteiger partial charge in [0.15, 0.2) is 23.2 Å². The predicted octanol–water partition coefficient (Wildman–Crippen LogP) is 7.23. The SMILES string of the molecule is CC(C)(C)OC(=O)NCc1ccc(Oc2cc(Oc3c(F)cc(C(N)=NO)cc3F)cc(C(=O)NC3CCC(NC(=O)OC(C)(C)C)CC3)c2)cc1. The molecule has 0 bridgehead atoms. The van der Waals surface area contributed by atoms with Crippen molar-refractivity contribution in [1.82, 2.24) is 16.0 Å². The Morgan fingerprint density at radius 2 is 1.27 bits per heavy atom. The van der Waals surface area contributed by atoms with E-state index in [0.29, 0.717) is 31.4 Å². The molecule has 1 aliphatic carbocycles. The lowest BCUT2D eigenvalue weighted by Crippen LogP contribution is -2.45. The number of carbonyl (C=O) groups is 3. The van der Waals surface area contributed by atoms with Crippen molar-refractivity contribution in [2.45, 2.75) is 97.1 Å². The van der Waals surface area contributed by atoms with E-state index in [2.05, 4.69) is 21.1 Å². The second-order valence-corrected chi connectivity index (χ2v) is 14.3. The van der Waals surface area contributed by atoms with Gasteiger partial charge in [-0.05, 0) is 109 Å². The number of rotatable bonds is 10. The highest BCUT2D eigenvalue weighted by molar-refractivity contribution is 5.97. The second-order valence-electron chi connectivity index (χ2n) is 14.3. The Morgan fingerprint density at radius 1 is 0.750 bits per heavy atom. The lowest BCUT2D eigenvalue weighted by Gasteiger charge is -2.30. The van der Waals surface area contributed by atoms with Gasteiger partial charge in [0.25, 0.3) is 5.91 Å². The summed E-state index contributed by atoms with van der Waals surface area (Å²) in [4.78, 5) is 37.7. The molecule has 3 amide bonds. The first-order chi connectivity index (χ1) is 24.4. The summed E-state index contributed by atoms with van der Waals surface area (Å²) in [6.45, 7) is 10.8. The van der Waals surface area contributed by atoms with Crippen LogP contribution in [0.25, 0.3) is 0 Å². The molecule has 0 spiro atoms. The zero-order valence-electron chi connectivity index (χ0n) is 30.0. The maximum Gasteiger partial charge on any atom is 0.407 e. The molecule has 1 fully saturated rings. The van der Waals surface area contributed by atoms with Crippen LogP contribution in [0.2, 0.25) is 0 Å². The summed E-state index contributed by atoms with van der Waals surface area (Å²) >= 11 is 0. The number of amidine groups is 1. The monoisotopic (exact) mass is 725 g/mol. The topological polar surface area (TPSA) is 183 Å². The molecule has 0 atom stereocenters. The Hall–Kier alpha value is -5.60. The molecule has 280 valence electrons. The lowest BCUT2D eigenvalue weighted by molar-refractivity contribution is 0.0485. The molecule has 0 aliphatic heterocycles. The molecule has 52 heavy (non-hydrogen) atoms. The fourth-order valence-electron chi connectivity index (χ4n) is 5.23. The van der Waals surface area contributed by atoms with Crippen LogP contribution in [0, 0.1) is 11.6 Å². The highest BCUT2D eigenvalue weighted by Gasteiger charge is 2.26. The number of benzene rings is 3. The number of amides is 3. The summed E-state index contributed by atoms with van der Waals surface area (Å²) in [5.41, 5.74) is 4.87. The van der Waals surface area contributed by atoms with E-state index < -0.39 is 52.5 Å². The number of nitrogens with one attached hydrogen (secondary N) is 3. The van der Waals surface area contributed by atoms with E-state index in [0.717, 1.165) is 17.7 Å². The lowest BCUT2D eigenvalue weighted by atomic mass is 9.91. The molecule has 0 radical (unpaired) electrons. The van der Waals surface area contributed by atoms with E-state index in [-0.39, 0.29) is 41.3 Å². The van der Waals surface area contributed by atoms with Crippen molar-refractivity contribution in [3.8, 4) is 23.0 Å². The number of hydrogen-bond donors (Lipinski definition) is 5. The molecule has 0 aromatic heterocycles. The Balaban J connectivity index is 1.51. The van der Waals surface area contributed by atoms with Crippen LogP contribution >= 0.6 is 0 Å². The van der Waals surface area contributed by atoms with Gasteiger partial charge in [0.05, 0.1) is 0 Å². The molecule has 1 saturated carbocycles. The smallest absolute Gasteiger partial charge is 0.407 e. The molecule has 4 rings (SSSR count). The van der Waals surface area contributed by atoms with Crippen molar-refractivity contribution < 1.29 is 47.3 Å². The van der Waals surface area contributed by atoms with Crippen LogP contribution in [0.1, 0.15) is 88.7 Å². The van der Waals surface area contributed by atoms with Crippen molar-refractivity contribution >= 4 is 23.9 Å². The van der Waals surface area contributed by atoms with Crippen molar-refractivity contribution in [2.24, 2.45) is 10.9 Å². The van der Waals surface area contributed by atoms with E-state index in [4.69, 9.17) is 29.9 Å². The summed E-state index contributed by atoms with van der Waals surface area (Å²) in [5.74, 6) is -3.65. The summed E-state index contributed by atoms with van der Waals surface area (Å²) in [6.07, 6.45) is 1.35. The third kappa shape index (κ3) is 12.0. The number of nitrogens with two attached hydrogens (primary N) is 1. The number of carbonyl (C=O) groups excluding carboxylic acids is 3. The molecule has 0 unspecified atom stereocenters. The molecular weight excluding hydrogens is 680 g/mol. The van der Waals surface area contributed by atoms with Crippen LogP contribution in [0.3, 0.4) is 0 Å². The molecule has 6 N–H and O–H groups in total. The van der Waals surface area contributed by atoms with Crippen LogP contribution in [0.4, 0.5) is 18.4 Å². The number of ether oxygens (including phenoxy) is 4. The average Bonchev–Trinajstić information content (AvgIpc) is 3.04. The van der Waals surface area contributed by atoms with E-state index in [1.165, 1.54) is 18.2 Å². The number of oxime groups is 1. The summed E-state index contributed by atoms with van der Waals surface area (Å²) in [6, 6.07) is 12.3. The van der Waals surface area contributed by atoms with Gasteiger partial charge in [-0.25, -0.2) is 18.4 Å². The number of halogens is 2. The average molecular weight is 726 g/mol. The largest absolute Gasteiger partial charge is 0.457 e. The minimum absolute atomic E-state index is 0.0915. The van der Waals surface area contributed by atoms with Crippen LogP contribution in [0.5, 0.6) is 23.0 Å². The molecule has 15 heteroatoms. The fourth-order valence-corrected chi connectivity index (χ4v) is 5.23. The van der Waals surface area contributed by atoms with Crippen LogP contribution < -0.4 is 31.2 Å². The zero-order valence-corrected chi connectivity index (χ0v) is 30.0. The van der Waals surface area contributed by atoms with Gasteiger partial charge in [-0.15, -0.1) is 0 Å². The first-order valence-corrected chi connectivity index (χ1v) is 16.7. The van der Waals surface area contributed by atoms with Crippen molar-refractivity contribution in [2.75, 3.05) is 0 Å². The van der Waals surface area contributed by atoms with Gasteiger partial charge in [0.1, 0.15) is 28.5 Å². The molecular formula is C37H45F2N5O8. The molecule has 13 nitrogen and oxygen atoms in total. The maximum absolute atomic E-state index is 15.0. The first kappa shape index (κ1) is 39.2. The highest BCUT2D eigenvalue weighted by Crippen LogP contribution is 2.34. The molecule has 0 saturated heterocycles. The molecule has 1 aliphatic rings. The predicted molar refractivity (Wildman–Crippen MR) is 188 cm³/mol. The van der Waals surface area contributed by atoms with Gasteiger partial charge in [-0.2, -0.15) is 0 Å². The third-order valence-corrected chi connectivity index (χ3v) is 7.54. The van der Waals surface area contributed by atoms with Crippen molar-refractivity contribution in [1.29, 1.82) is 0 Å². The van der Waals surface area contributed by atoms with Gasteiger partial charge >= 0.3 is 12.2 Å². The minimum Gasteiger partial charge on any atom is -0.457 e. The van der Waals surface area contributed by atoms with E-state index >= 15 is 0 Å². The normalized spacial score (nSPS) is 16.3. The minimum atomic E-state index is -1.13. The Bertz CT molecular complexity index is 1760. The van der Waals surface area contributed by atoms with Gasteiger partial charge < -0.3 is 45.8 Å². The summed E-state index contributed by atoms with van der Waals surface area (Å²) in [5, 5.41) is 20.2. The van der Waals surface area contributed by atoms with Crippen LogP contribution in [-0.2, 0) is 16.0 Å². The Labute approximate surface area is 300 Å². The highest BCUT2D eigenvalue weighted by atomic mass is 19.1. The quantitative estimate of drug-likeness (QED) is 0.0623. The summed E-state index contributed by atoms with van der Waals surface area (Å²) in [7, 11) is 0. The van der Waals surface area contributed by atoms with Crippen molar-refractivity contribution in [3.63, 3.8) is 0 Å². The van der Waals surface area contributed by atoms with Crippen LogP contribution in [-0.4, -0.2) is 52.4 Å². The molecule has 3 aromatic carbocycles. The Kier molecular flexibility index (Phi) is 12.5. The van der Waals surface area contributed by atoms with E-state index in [1.807, 2.05) is 0 Å². The van der Waals surface area contributed by atoms with E-state index in [9.17, 15) is 23.2 Å². The maximum atomic E-state index is 15.0. The number of hydrogen-bond acceptors (Lipinski definition) is 9. The van der Waals surface area contributed by atoms with Gasteiger partial charge in [0.2, 0.25) is 0 Å². The van der Waals surface area contributed by atoms with E-state index in [1.54, 1.807) is 65.8 Å². The third-order valence-electron chi connectivity index (χ3n) is 7.54. The van der Waals surface area contributed by atoms with Crippen molar-refractivity contribution in [3.05, 3.63) is 82.9 Å². The fraction of sp³-hybridized carbons (Fsp3) is 0.405. The Morgan fingerprint density at radius 3 is 1.81 bits per heavy atom. The number of alkyl carbamates (subject to hydrolysis) is 2. The van der Waals surface area contributed by atoms with Gasteiger partial charge in [-0.1, -0.05) is 17.3 Å². The second kappa shape index (κ2) is 16.6. The van der Waals surface area contributed by atoms with Gasteiger partial charge in [-0.3, -0.25) is 4.79 Å². The standard InChI is InChI=1S/C37H45F2N5O8/c1-36(2,3)51-34(46)41-20-21-7-13-26(14-8-21)49-27-15-23(16-28(19-27)50-31-29(38)17-22(18-30(31)39)32(40)44-48)33(45)42-24-9-11-25(12-10-24)43-35(47)52-37(4,5)6/h7-8,13-19,24-25,48H,9-12,20H2,1-6H3,(H2,40,44)(H,41,46)(H,42,45)(H,43,47). The first-order valence-electron chi connectivity index (χ1n) is 16.7. The summed E-state index contributed by atoms with van der Waals surface area (Å²) < 4.78 is 52.2.